The third-order valence-corrected chi connectivity index (χ3v) is 2.63. The molecule has 1 N–H and O–H groups in total. The lowest BCUT2D eigenvalue weighted by atomic mass is 10.1. The second kappa shape index (κ2) is 5.63. The molecule has 0 atom stereocenters. The maximum absolute atomic E-state index is 13.6. The fourth-order valence-corrected chi connectivity index (χ4v) is 1.60. The number of anilines is 1. The maximum Gasteiger partial charge on any atom is 0.258 e. The van der Waals surface area contributed by atoms with Crippen molar-refractivity contribution in [3.05, 3.63) is 64.7 Å². The van der Waals surface area contributed by atoms with Crippen LogP contribution in [0.5, 0.6) is 0 Å². The zero-order valence-electron chi connectivity index (χ0n) is 10.3. The summed E-state index contributed by atoms with van der Waals surface area (Å²) in [6.07, 6.45) is 0. The first kappa shape index (κ1) is 14.5. The van der Waals surface area contributed by atoms with Crippen molar-refractivity contribution in [3.63, 3.8) is 0 Å². The summed E-state index contributed by atoms with van der Waals surface area (Å²) >= 11 is 0. The number of nitrogens with one attached hydrogen (secondary N) is 1. The number of halogens is 4. The van der Waals surface area contributed by atoms with Gasteiger partial charge in [0.25, 0.3) is 5.91 Å². The first-order chi connectivity index (χ1) is 9.95. The topological polar surface area (TPSA) is 52.9 Å². The first-order valence-corrected chi connectivity index (χ1v) is 5.59. The number of carbonyl (C=O) groups excluding carboxylic acids is 1. The molecule has 3 nitrogen and oxygen atoms in total. The summed E-state index contributed by atoms with van der Waals surface area (Å²) in [6.45, 7) is 0. The number of amides is 1. The molecule has 0 saturated carbocycles. The molecule has 1 amide bonds. The van der Waals surface area contributed by atoms with Crippen molar-refractivity contribution in [3.8, 4) is 6.07 Å². The summed E-state index contributed by atoms with van der Waals surface area (Å²) < 4.78 is 53.3. The van der Waals surface area contributed by atoms with E-state index in [1.54, 1.807) is 0 Å². The SMILES string of the molecule is N#Cc1cc(C(=O)Nc2ccccc2F)c(F)c(F)c1F. The van der Waals surface area contributed by atoms with Gasteiger partial charge in [-0.3, -0.25) is 4.79 Å². The Balaban J connectivity index is 2.43. The van der Waals surface area contributed by atoms with Gasteiger partial charge in [0.05, 0.1) is 16.8 Å². The molecule has 0 bridgehead atoms. The molecule has 21 heavy (non-hydrogen) atoms. The minimum absolute atomic E-state index is 0.259. The van der Waals surface area contributed by atoms with Crippen molar-refractivity contribution in [2.24, 2.45) is 0 Å². The van der Waals surface area contributed by atoms with Crippen LogP contribution in [0.3, 0.4) is 0 Å². The van der Waals surface area contributed by atoms with Crippen molar-refractivity contribution in [1.29, 1.82) is 5.26 Å². The third-order valence-electron chi connectivity index (χ3n) is 2.63. The van der Waals surface area contributed by atoms with Gasteiger partial charge in [0.1, 0.15) is 11.9 Å². The van der Waals surface area contributed by atoms with E-state index < -0.39 is 40.3 Å². The summed E-state index contributed by atoms with van der Waals surface area (Å²) in [6, 6.07) is 6.91. The van der Waals surface area contributed by atoms with Crippen molar-refractivity contribution in [2.45, 2.75) is 0 Å². The highest BCUT2D eigenvalue weighted by Crippen LogP contribution is 2.21. The molecule has 2 aromatic carbocycles. The van der Waals surface area contributed by atoms with Crippen LogP contribution in [0.1, 0.15) is 15.9 Å². The molecule has 0 spiro atoms. The Labute approximate surface area is 116 Å². The molecular weight excluding hydrogens is 288 g/mol. The lowest BCUT2D eigenvalue weighted by Crippen LogP contribution is -2.16. The Morgan fingerprint density at radius 1 is 1.05 bits per heavy atom. The molecule has 0 unspecified atom stereocenters. The number of carbonyl (C=O) groups is 1. The van der Waals surface area contributed by atoms with E-state index in [1.165, 1.54) is 24.3 Å². The van der Waals surface area contributed by atoms with Crippen LogP contribution in [0.25, 0.3) is 0 Å². The monoisotopic (exact) mass is 294 g/mol. The molecule has 0 aliphatic rings. The molecule has 0 heterocycles. The smallest absolute Gasteiger partial charge is 0.258 e. The quantitative estimate of drug-likeness (QED) is 0.682. The molecule has 0 aliphatic carbocycles. The highest BCUT2D eigenvalue weighted by Gasteiger charge is 2.23. The number of benzene rings is 2. The van der Waals surface area contributed by atoms with Gasteiger partial charge in [-0.2, -0.15) is 5.26 Å². The van der Waals surface area contributed by atoms with E-state index in [4.69, 9.17) is 5.26 Å². The Bertz CT molecular complexity index is 768. The number of hydrogen-bond donors (Lipinski definition) is 1. The minimum Gasteiger partial charge on any atom is -0.319 e. The number of para-hydroxylation sites is 1. The number of hydrogen-bond acceptors (Lipinski definition) is 2. The Kier molecular flexibility index (Phi) is 3.89. The lowest BCUT2D eigenvalue weighted by molar-refractivity contribution is 0.102. The molecule has 0 aliphatic heterocycles. The Morgan fingerprint density at radius 2 is 1.71 bits per heavy atom. The number of nitriles is 1. The second-order valence-electron chi connectivity index (χ2n) is 3.96. The zero-order chi connectivity index (χ0) is 15.6. The van der Waals surface area contributed by atoms with Crippen LogP contribution in [-0.4, -0.2) is 5.91 Å². The lowest BCUT2D eigenvalue weighted by Gasteiger charge is -2.08. The van der Waals surface area contributed by atoms with Crippen molar-refractivity contribution in [2.75, 3.05) is 5.32 Å². The number of rotatable bonds is 2. The molecule has 2 rings (SSSR count). The Hall–Kier alpha value is -2.88. The number of nitrogens with zero attached hydrogens (tertiary/aromatic N) is 1. The van der Waals surface area contributed by atoms with Gasteiger partial charge in [0.15, 0.2) is 17.5 Å². The van der Waals surface area contributed by atoms with Gasteiger partial charge in [-0.05, 0) is 18.2 Å². The van der Waals surface area contributed by atoms with Crippen molar-refractivity contribution < 1.29 is 22.4 Å². The van der Waals surface area contributed by atoms with Gasteiger partial charge in [-0.1, -0.05) is 12.1 Å². The van der Waals surface area contributed by atoms with E-state index in [-0.39, 0.29) is 5.69 Å². The molecular formula is C14H6F4N2O. The van der Waals surface area contributed by atoms with Crippen molar-refractivity contribution >= 4 is 11.6 Å². The fraction of sp³-hybridized carbons (Fsp3) is 0. The Morgan fingerprint density at radius 3 is 2.33 bits per heavy atom. The normalized spacial score (nSPS) is 10.0. The van der Waals surface area contributed by atoms with Crippen LogP contribution in [-0.2, 0) is 0 Å². The molecule has 0 fully saturated rings. The van der Waals surface area contributed by atoms with E-state index >= 15 is 0 Å². The highest BCUT2D eigenvalue weighted by atomic mass is 19.2. The minimum atomic E-state index is -1.94. The van der Waals surface area contributed by atoms with Gasteiger partial charge < -0.3 is 5.32 Å². The standard InChI is InChI=1S/C14H6F4N2O/c15-9-3-1-2-4-10(9)20-14(21)8-5-7(6-19)11(16)13(18)12(8)17/h1-5H,(H,20,21). The highest BCUT2D eigenvalue weighted by molar-refractivity contribution is 6.04. The zero-order valence-corrected chi connectivity index (χ0v) is 10.3. The van der Waals surface area contributed by atoms with E-state index in [0.29, 0.717) is 6.07 Å². The van der Waals surface area contributed by atoms with Crippen molar-refractivity contribution in [1.82, 2.24) is 0 Å². The van der Waals surface area contributed by atoms with E-state index in [1.807, 2.05) is 5.32 Å². The summed E-state index contributed by atoms with van der Waals surface area (Å²) in [4.78, 5) is 11.8. The van der Waals surface area contributed by atoms with Crippen LogP contribution >= 0.6 is 0 Å². The predicted octanol–water partition coefficient (Wildman–Crippen LogP) is 3.37. The van der Waals surface area contributed by atoms with Crippen LogP contribution in [0.4, 0.5) is 23.2 Å². The van der Waals surface area contributed by atoms with Gasteiger partial charge in [0.2, 0.25) is 0 Å². The third kappa shape index (κ3) is 2.69. The average molecular weight is 294 g/mol. The van der Waals surface area contributed by atoms with Gasteiger partial charge in [0, 0.05) is 0 Å². The molecule has 0 radical (unpaired) electrons. The predicted molar refractivity (Wildman–Crippen MR) is 65.4 cm³/mol. The average Bonchev–Trinajstić information content (AvgIpc) is 2.47. The summed E-state index contributed by atoms with van der Waals surface area (Å²) in [5, 5.41) is 10.6. The van der Waals surface area contributed by atoms with E-state index in [2.05, 4.69) is 0 Å². The molecule has 7 heteroatoms. The molecule has 0 saturated heterocycles. The second-order valence-corrected chi connectivity index (χ2v) is 3.96. The molecule has 106 valence electrons. The summed E-state index contributed by atoms with van der Waals surface area (Å²) in [5.74, 6) is -7.35. The molecule has 2 aromatic rings. The molecule has 0 aromatic heterocycles. The maximum atomic E-state index is 13.6. The van der Waals surface area contributed by atoms with Crippen LogP contribution < -0.4 is 5.32 Å². The van der Waals surface area contributed by atoms with Gasteiger partial charge >= 0.3 is 0 Å². The fourth-order valence-electron chi connectivity index (χ4n) is 1.60. The largest absolute Gasteiger partial charge is 0.319 e. The van der Waals surface area contributed by atoms with Crippen LogP contribution in [0, 0.1) is 34.6 Å². The van der Waals surface area contributed by atoms with Crippen LogP contribution in [0.15, 0.2) is 30.3 Å². The van der Waals surface area contributed by atoms with Gasteiger partial charge in [-0.15, -0.1) is 0 Å². The van der Waals surface area contributed by atoms with Gasteiger partial charge in [-0.25, -0.2) is 17.6 Å². The van der Waals surface area contributed by atoms with E-state index in [0.717, 1.165) is 6.07 Å². The van der Waals surface area contributed by atoms with E-state index in [9.17, 15) is 22.4 Å². The van der Waals surface area contributed by atoms with Crippen LogP contribution in [0.2, 0.25) is 0 Å². The summed E-state index contributed by atoms with van der Waals surface area (Å²) in [7, 11) is 0. The first-order valence-electron chi connectivity index (χ1n) is 5.59. The summed E-state index contributed by atoms with van der Waals surface area (Å²) in [5.41, 5.74) is -1.98.